The third-order valence-corrected chi connectivity index (χ3v) is 5.55. The zero-order valence-corrected chi connectivity index (χ0v) is 18.1. The second-order valence-electron chi connectivity index (χ2n) is 8.46. The van der Waals surface area contributed by atoms with Crippen LogP contribution in [-0.4, -0.2) is 34.8 Å². The van der Waals surface area contributed by atoms with Crippen LogP contribution < -0.4 is 5.43 Å². The standard InChI is InChI=1S/C24H25F3N2O3/c1-22(2,18-8-6-7-17(13-18)14-28-32-3)15-23(31,24(25,26)27)16-29-12-11-21(30)19-9-4-5-10-20(19)29/h4-14,31H,15-16H2,1-3H3/b28-14-. The van der Waals surface area contributed by atoms with Crippen molar-refractivity contribution in [1.82, 2.24) is 4.57 Å². The lowest BCUT2D eigenvalue weighted by molar-refractivity contribution is -0.271. The minimum atomic E-state index is -4.90. The molecule has 0 aliphatic rings. The van der Waals surface area contributed by atoms with Crippen molar-refractivity contribution in [2.24, 2.45) is 5.16 Å². The Hall–Kier alpha value is -3.13. The van der Waals surface area contributed by atoms with Gasteiger partial charge >= 0.3 is 6.18 Å². The van der Waals surface area contributed by atoms with Crippen molar-refractivity contribution in [2.75, 3.05) is 7.11 Å². The largest absolute Gasteiger partial charge is 0.418 e. The lowest BCUT2D eigenvalue weighted by Gasteiger charge is -2.38. The summed E-state index contributed by atoms with van der Waals surface area (Å²) in [5, 5.41) is 15.0. The number of oxime groups is 1. The Morgan fingerprint density at radius 1 is 1.09 bits per heavy atom. The van der Waals surface area contributed by atoms with Crippen LogP contribution in [0.25, 0.3) is 10.9 Å². The molecule has 32 heavy (non-hydrogen) atoms. The Bertz CT molecular complexity index is 1180. The van der Waals surface area contributed by atoms with E-state index in [4.69, 9.17) is 0 Å². The van der Waals surface area contributed by atoms with Gasteiger partial charge in [-0.1, -0.05) is 49.3 Å². The molecule has 2 aromatic carbocycles. The summed E-state index contributed by atoms with van der Waals surface area (Å²) in [4.78, 5) is 16.8. The average molecular weight is 446 g/mol. The molecule has 1 heterocycles. The van der Waals surface area contributed by atoms with Gasteiger partial charge in [0.2, 0.25) is 0 Å². The number of aliphatic hydroxyl groups is 1. The quantitative estimate of drug-likeness (QED) is 0.425. The number of nitrogens with zero attached hydrogens (tertiary/aromatic N) is 2. The summed E-state index contributed by atoms with van der Waals surface area (Å²) in [7, 11) is 1.40. The number of fused-ring (bicyclic) bond motifs is 1. The van der Waals surface area contributed by atoms with Crippen LogP contribution in [0.3, 0.4) is 0 Å². The van der Waals surface area contributed by atoms with Gasteiger partial charge in [0, 0.05) is 17.6 Å². The highest BCUT2D eigenvalue weighted by atomic mass is 19.4. The predicted molar refractivity (Wildman–Crippen MR) is 118 cm³/mol. The molecule has 170 valence electrons. The molecule has 0 saturated carbocycles. The number of alkyl halides is 3. The molecule has 1 atom stereocenters. The summed E-state index contributed by atoms with van der Waals surface area (Å²) in [6, 6.07) is 14.5. The first-order valence-corrected chi connectivity index (χ1v) is 10.0. The smallest absolute Gasteiger partial charge is 0.399 e. The van der Waals surface area contributed by atoms with Crippen LogP contribution in [0.15, 0.2) is 70.7 Å². The van der Waals surface area contributed by atoms with E-state index in [2.05, 4.69) is 9.99 Å². The maximum atomic E-state index is 14.2. The fourth-order valence-electron chi connectivity index (χ4n) is 3.91. The van der Waals surface area contributed by atoms with Crippen molar-refractivity contribution in [1.29, 1.82) is 0 Å². The molecule has 0 bridgehead atoms. The van der Waals surface area contributed by atoms with Crippen molar-refractivity contribution >= 4 is 17.1 Å². The fourth-order valence-corrected chi connectivity index (χ4v) is 3.91. The molecule has 0 fully saturated rings. The molecular formula is C24H25F3N2O3. The van der Waals surface area contributed by atoms with Gasteiger partial charge in [-0.2, -0.15) is 13.2 Å². The number of benzene rings is 2. The number of halogens is 3. The molecular weight excluding hydrogens is 421 g/mol. The van der Waals surface area contributed by atoms with Gasteiger partial charge in [0.05, 0.1) is 18.3 Å². The van der Waals surface area contributed by atoms with E-state index in [1.165, 1.54) is 30.2 Å². The molecule has 1 unspecified atom stereocenters. The first-order valence-electron chi connectivity index (χ1n) is 10.0. The van der Waals surface area contributed by atoms with Gasteiger partial charge in [0.15, 0.2) is 11.0 Å². The number of hydrogen-bond acceptors (Lipinski definition) is 4. The molecule has 0 aliphatic carbocycles. The number of hydrogen-bond donors (Lipinski definition) is 1. The Morgan fingerprint density at radius 3 is 2.50 bits per heavy atom. The van der Waals surface area contributed by atoms with Crippen LogP contribution >= 0.6 is 0 Å². The highest BCUT2D eigenvalue weighted by Crippen LogP contribution is 2.42. The third-order valence-electron chi connectivity index (χ3n) is 5.55. The lowest BCUT2D eigenvalue weighted by atomic mass is 9.74. The number of rotatable bonds is 7. The Balaban J connectivity index is 2.01. The van der Waals surface area contributed by atoms with Gasteiger partial charge in [-0.25, -0.2) is 0 Å². The van der Waals surface area contributed by atoms with Crippen LogP contribution in [-0.2, 0) is 16.8 Å². The van der Waals surface area contributed by atoms with Crippen LogP contribution in [0.2, 0.25) is 0 Å². The molecule has 3 rings (SSSR count). The average Bonchev–Trinajstić information content (AvgIpc) is 2.73. The molecule has 0 radical (unpaired) electrons. The van der Waals surface area contributed by atoms with E-state index >= 15 is 0 Å². The summed E-state index contributed by atoms with van der Waals surface area (Å²) >= 11 is 0. The maximum Gasteiger partial charge on any atom is 0.418 e. The van der Waals surface area contributed by atoms with Crippen LogP contribution in [0.1, 0.15) is 31.4 Å². The first-order chi connectivity index (χ1) is 15.0. The van der Waals surface area contributed by atoms with E-state index in [-0.39, 0.29) is 5.43 Å². The molecule has 0 saturated heterocycles. The molecule has 1 N–H and O–H groups in total. The zero-order valence-electron chi connectivity index (χ0n) is 18.1. The molecule has 5 nitrogen and oxygen atoms in total. The van der Waals surface area contributed by atoms with Gasteiger partial charge in [-0.05, 0) is 41.2 Å². The van der Waals surface area contributed by atoms with Crippen LogP contribution in [0.5, 0.6) is 0 Å². The summed E-state index contributed by atoms with van der Waals surface area (Å²) in [6.45, 7) is 2.56. The predicted octanol–water partition coefficient (Wildman–Crippen LogP) is 4.64. The van der Waals surface area contributed by atoms with Crippen molar-refractivity contribution in [2.45, 2.75) is 44.0 Å². The second-order valence-corrected chi connectivity index (χ2v) is 8.46. The number of para-hydroxylation sites is 1. The second kappa shape index (κ2) is 8.78. The monoisotopic (exact) mass is 446 g/mol. The molecule has 0 aliphatic heterocycles. The van der Waals surface area contributed by atoms with Gasteiger partial charge in [-0.15, -0.1) is 0 Å². The Morgan fingerprint density at radius 2 is 1.81 bits per heavy atom. The highest BCUT2D eigenvalue weighted by molar-refractivity contribution is 5.79. The summed E-state index contributed by atoms with van der Waals surface area (Å²) in [5.41, 5.74) is -2.74. The Kier molecular flexibility index (Phi) is 6.46. The summed E-state index contributed by atoms with van der Waals surface area (Å²) in [5.74, 6) is 0. The van der Waals surface area contributed by atoms with E-state index in [0.717, 1.165) is 0 Å². The zero-order chi connectivity index (χ0) is 23.6. The Labute approximate surface area is 183 Å². The first kappa shape index (κ1) is 23.5. The van der Waals surface area contributed by atoms with Gasteiger partial charge in [-0.3, -0.25) is 4.79 Å². The van der Waals surface area contributed by atoms with Gasteiger partial charge in [0.25, 0.3) is 0 Å². The van der Waals surface area contributed by atoms with E-state index < -0.39 is 30.2 Å². The molecule has 8 heteroatoms. The van der Waals surface area contributed by atoms with E-state index in [9.17, 15) is 23.1 Å². The van der Waals surface area contributed by atoms with Crippen molar-refractivity contribution in [3.63, 3.8) is 0 Å². The van der Waals surface area contributed by atoms with Gasteiger partial charge in [0.1, 0.15) is 7.11 Å². The van der Waals surface area contributed by atoms with Crippen LogP contribution in [0, 0.1) is 0 Å². The third kappa shape index (κ3) is 4.85. The number of aromatic nitrogens is 1. The van der Waals surface area contributed by atoms with Crippen molar-refractivity contribution in [3.8, 4) is 0 Å². The van der Waals surface area contributed by atoms with E-state index in [1.54, 1.807) is 62.4 Å². The summed E-state index contributed by atoms with van der Waals surface area (Å²) in [6.07, 6.45) is -2.74. The molecule has 0 spiro atoms. The van der Waals surface area contributed by atoms with Crippen molar-refractivity contribution < 1.29 is 23.1 Å². The minimum absolute atomic E-state index is 0.290. The van der Waals surface area contributed by atoms with Crippen LogP contribution in [0.4, 0.5) is 13.2 Å². The van der Waals surface area contributed by atoms with Gasteiger partial charge < -0.3 is 14.5 Å². The fraction of sp³-hybridized carbons (Fsp3) is 0.333. The van der Waals surface area contributed by atoms with E-state index in [1.807, 2.05) is 0 Å². The van der Waals surface area contributed by atoms with Crippen molar-refractivity contribution in [3.05, 3.63) is 82.1 Å². The normalized spacial score (nSPS) is 14.6. The molecule has 3 aromatic rings. The number of pyridine rings is 1. The minimum Gasteiger partial charge on any atom is -0.399 e. The molecule has 0 amide bonds. The lowest BCUT2D eigenvalue weighted by Crippen LogP contribution is -2.52. The summed E-state index contributed by atoms with van der Waals surface area (Å²) < 4.78 is 43.9. The highest BCUT2D eigenvalue weighted by Gasteiger charge is 2.56. The van der Waals surface area contributed by atoms with E-state index in [0.29, 0.717) is 22.0 Å². The maximum absolute atomic E-state index is 14.2. The topological polar surface area (TPSA) is 63.8 Å². The SMILES string of the molecule is CO/N=C\c1cccc(C(C)(C)CC(O)(Cn2ccc(=O)c3ccccc32)C(F)(F)F)c1. The molecule has 1 aromatic heterocycles.